The molecule has 0 amide bonds. The van der Waals surface area contributed by atoms with E-state index in [0.29, 0.717) is 0 Å². The molecule has 1 atom stereocenters. The Balaban J connectivity index is 2.08. The Bertz CT molecular complexity index is 601. The van der Waals surface area contributed by atoms with E-state index in [9.17, 15) is 44.6 Å². The van der Waals surface area contributed by atoms with E-state index in [1.165, 1.54) is 6.08 Å². The van der Waals surface area contributed by atoms with E-state index < -0.39 is 55.0 Å². The zero-order valence-electron chi connectivity index (χ0n) is 15.5. The highest BCUT2D eigenvalue weighted by atomic mass is 19.4. The van der Waals surface area contributed by atoms with Gasteiger partial charge in [-0.25, -0.2) is 4.39 Å². The quantitative estimate of drug-likeness (QED) is 0.328. The van der Waals surface area contributed by atoms with Crippen molar-refractivity contribution < 1.29 is 44.6 Å². The number of hydrogen-bond acceptors (Lipinski definition) is 1. The Kier molecular flexibility index (Phi) is 7.07. The second-order valence-corrected chi connectivity index (χ2v) is 8.33. The highest BCUT2D eigenvalue weighted by Crippen LogP contribution is 2.56. The molecule has 0 aliphatic heterocycles. The molecule has 1 spiro atoms. The van der Waals surface area contributed by atoms with Crippen molar-refractivity contribution in [3.63, 3.8) is 0 Å². The lowest BCUT2D eigenvalue weighted by Crippen LogP contribution is -2.57. The predicted octanol–water partition coefficient (Wildman–Crippen LogP) is 7.23. The predicted molar refractivity (Wildman–Crippen MR) is 87.5 cm³/mol. The Morgan fingerprint density at radius 3 is 1.93 bits per heavy atom. The zero-order valence-corrected chi connectivity index (χ0v) is 15.5. The zero-order chi connectivity index (χ0) is 22.1. The second kappa shape index (κ2) is 8.51. The van der Waals surface area contributed by atoms with Crippen LogP contribution in [0.5, 0.6) is 0 Å². The number of aliphatic hydroxyl groups is 1. The molecule has 0 aromatic rings. The van der Waals surface area contributed by atoms with E-state index in [-0.39, 0.29) is 11.3 Å². The Hall–Kier alpha value is -1.19. The van der Waals surface area contributed by atoms with Gasteiger partial charge >= 0.3 is 18.4 Å². The average molecular weight is 438 g/mol. The summed E-state index contributed by atoms with van der Waals surface area (Å²) in [6, 6.07) is 0. The van der Waals surface area contributed by atoms with Crippen LogP contribution in [0.25, 0.3) is 0 Å². The summed E-state index contributed by atoms with van der Waals surface area (Å²) < 4.78 is 115. The van der Waals surface area contributed by atoms with Gasteiger partial charge in [-0.05, 0) is 55.8 Å². The summed E-state index contributed by atoms with van der Waals surface area (Å²) in [5, 5.41) is 9.31. The Morgan fingerprint density at radius 1 is 0.966 bits per heavy atom. The van der Waals surface area contributed by atoms with Crippen LogP contribution >= 0.6 is 0 Å². The maximum absolute atomic E-state index is 13.3. The number of rotatable bonds is 7. The molecule has 0 aromatic heterocycles. The molecule has 2 saturated carbocycles. The average Bonchev–Trinajstić information content (AvgIpc) is 3.01. The van der Waals surface area contributed by atoms with Gasteiger partial charge in [0, 0.05) is 6.42 Å². The molecule has 1 unspecified atom stereocenters. The Labute approximate surface area is 162 Å². The van der Waals surface area contributed by atoms with Crippen molar-refractivity contribution in [3.05, 3.63) is 24.1 Å². The largest absolute Gasteiger partial charge is 0.426 e. The standard InChI is InChI=1S/C19H23F9O/c20-14(15(21)22)8-12(11-17(29,18(23,24)25)19(26,27)28)4-3-5-13-9-16(10-13)6-1-2-7-16/h3,5,12-13,29H,1-2,4,6-11H2. The minimum atomic E-state index is -6.08. The molecule has 2 fully saturated rings. The number of alkyl halides is 6. The third-order valence-corrected chi connectivity index (χ3v) is 6.13. The monoisotopic (exact) mass is 438 g/mol. The molecule has 0 saturated heterocycles. The van der Waals surface area contributed by atoms with Gasteiger partial charge in [0.2, 0.25) is 0 Å². The van der Waals surface area contributed by atoms with E-state index in [2.05, 4.69) is 0 Å². The molecular weight excluding hydrogens is 415 g/mol. The van der Waals surface area contributed by atoms with Crippen molar-refractivity contribution in [2.45, 2.75) is 75.7 Å². The summed E-state index contributed by atoms with van der Waals surface area (Å²) in [6.45, 7) is 0. The molecule has 1 nitrogen and oxygen atoms in total. The minimum absolute atomic E-state index is 0.121. The molecule has 2 rings (SSSR count). The van der Waals surface area contributed by atoms with Crippen LogP contribution in [0.1, 0.15) is 57.8 Å². The third-order valence-electron chi connectivity index (χ3n) is 6.13. The first kappa shape index (κ1) is 24.1. The van der Waals surface area contributed by atoms with Crippen LogP contribution in [0.2, 0.25) is 0 Å². The molecule has 0 heterocycles. The van der Waals surface area contributed by atoms with E-state index >= 15 is 0 Å². The third kappa shape index (κ3) is 5.49. The van der Waals surface area contributed by atoms with E-state index in [1.54, 1.807) is 6.08 Å². The molecule has 0 bridgehead atoms. The van der Waals surface area contributed by atoms with Crippen molar-refractivity contribution in [1.82, 2.24) is 0 Å². The number of allylic oxidation sites excluding steroid dienone is 3. The van der Waals surface area contributed by atoms with Crippen LogP contribution in [0.4, 0.5) is 39.5 Å². The van der Waals surface area contributed by atoms with Crippen LogP contribution in [0.3, 0.4) is 0 Å². The SMILES string of the molecule is OC(CC(CC=CC1CC2(CCCC2)C1)CC(F)=C(F)F)(C(F)(F)F)C(F)(F)F. The number of halogens is 9. The van der Waals surface area contributed by atoms with Crippen LogP contribution in [0, 0.1) is 17.3 Å². The highest BCUT2D eigenvalue weighted by Gasteiger charge is 2.70. The van der Waals surface area contributed by atoms with E-state index in [0.717, 1.165) is 38.5 Å². The number of hydrogen-bond donors (Lipinski definition) is 1. The van der Waals surface area contributed by atoms with Gasteiger partial charge in [-0.2, -0.15) is 35.1 Å². The first-order valence-corrected chi connectivity index (χ1v) is 9.41. The fourth-order valence-corrected chi connectivity index (χ4v) is 4.56. The van der Waals surface area contributed by atoms with Gasteiger partial charge in [0.05, 0.1) is 0 Å². The summed E-state index contributed by atoms with van der Waals surface area (Å²) in [6.07, 6.45) is -9.58. The van der Waals surface area contributed by atoms with Gasteiger partial charge in [-0.1, -0.05) is 25.0 Å². The maximum Gasteiger partial charge on any atom is 0.426 e. The Morgan fingerprint density at radius 2 is 1.48 bits per heavy atom. The second-order valence-electron chi connectivity index (χ2n) is 8.33. The molecule has 10 heteroatoms. The molecule has 29 heavy (non-hydrogen) atoms. The van der Waals surface area contributed by atoms with E-state index in [4.69, 9.17) is 0 Å². The van der Waals surface area contributed by atoms with Crippen LogP contribution in [-0.2, 0) is 0 Å². The highest BCUT2D eigenvalue weighted by molar-refractivity contribution is 5.06. The topological polar surface area (TPSA) is 20.2 Å². The van der Waals surface area contributed by atoms with Crippen molar-refractivity contribution in [3.8, 4) is 0 Å². The lowest BCUT2D eigenvalue weighted by Gasteiger charge is -2.44. The maximum atomic E-state index is 13.3. The van der Waals surface area contributed by atoms with Crippen molar-refractivity contribution >= 4 is 0 Å². The fraction of sp³-hybridized carbons (Fsp3) is 0.789. The first-order chi connectivity index (χ1) is 13.2. The van der Waals surface area contributed by atoms with E-state index in [1.807, 2.05) is 0 Å². The normalized spacial score (nSPS) is 21.6. The van der Waals surface area contributed by atoms with Gasteiger partial charge in [0.15, 0.2) is 5.83 Å². The van der Waals surface area contributed by atoms with Crippen LogP contribution < -0.4 is 0 Å². The lowest BCUT2D eigenvalue weighted by atomic mass is 9.61. The van der Waals surface area contributed by atoms with Gasteiger partial charge in [0.1, 0.15) is 0 Å². The summed E-state index contributed by atoms with van der Waals surface area (Å²) in [5.41, 5.74) is -4.83. The smallest absolute Gasteiger partial charge is 0.374 e. The summed E-state index contributed by atoms with van der Waals surface area (Å²) >= 11 is 0. The first-order valence-electron chi connectivity index (χ1n) is 9.41. The van der Waals surface area contributed by atoms with Gasteiger partial charge in [-0.15, -0.1) is 0 Å². The van der Waals surface area contributed by atoms with Crippen molar-refractivity contribution in [2.75, 3.05) is 0 Å². The lowest BCUT2D eigenvalue weighted by molar-refractivity contribution is -0.372. The molecule has 0 aromatic carbocycles. The van der Waals surface area contributed by atoms with Crippen LogP contribution in [-0.4, -0.2) is 23.1 Å². The molecular formula is C19H23F9O. The fourth-order valence-electron chi connectivity index (χ4n) is 4.56. The molecule has 2 aliphatic rings. The minimum Gasteiger partial charge on any atom is -0.374 e. The van der Waals surface area contributed by atoms with Gasteiger partial charge < -0.3 is 5.11 Å². The summed E-state index contributed by atoms with van der Waals surface area (Å²) in [4.78, 5) is 0. The molecule has 2 aliphatic carbocycles. The summed E-state index contributed by atoms with van der Waals surface area (Å²) in [5.74, 6) is -3.76. The van der Waals surface area contributed by atoms with Gasteiger partial charge in [0.25, 0.3) is 5.60 Å². The van der Waals surface area contributed by atoms with Crippen LogP contribution in [0.15, 0.2) is 24.1 Å². The summed E-state index contributed by atoms with van der Waals surface area (Å²) in [7, 11) is 0. The molecule has 1 N–H and O–H groups in total. The molecule has 168 valence electrons. The molecule has 0 radical (unpaired) electrons. The van der Waals surface area contributed by atoms with Crippen molar-refractivity contribution in [1.29, 1.82) is 0 Å². The van der Waals surface area contributed by atoms with Gasteiger partial charge in [-0.3, -0.25) is 0 Å². The van der Waals surface area contributed by atoms with Crippen molar-refractivity contribution in [2.24, 2.45) is 17.3 Å².